The average Bonchev–Trinajstić information content (AvgIpc) is 2.94. The van der Waals surface area contributed by atoms with Crippen molar-refractivity contribution in [1.29, 1.82) is 0 Å². The molecule has 0 saturated heterocycles. The van der Waals surface area contributed by atoms with Crippen LogP contribution in [0.5, 0.6) is 5.75 Å². The Labute approximate surface area is 237 Å². The van der Waals surface area contributed by atoms with E-state index < -0.39 is 34.2 Å². The van der Waals surface area contributed by atoms with Gasteiger partial charge < -0.3 is 10.1 Å². The molecule has 0 aliphatic carbocycles. The molecule has 1 amide bonds. The maximum absolute atomic E-state index is 13.9. The van der Waals surface area contributed by atoms with Gasteiger partial charge in [-0.2, -0.15) is 13.2 Å². The van der Waals surface area contributed by atoms with Crippen LogP contribution in [0.25, 0.3) is 11.1 Å². The number of aryl methyl sites for hydroxylation is 1. The van der Waals surface area contributed by atoms with Crippen molar-refractivity contribution in [3.63, 3.8) is 0 Å². The van der Waals surface area contributed by atoms with E-state index in [1.54, 1.807) is 43.3 Å². The van der Waals surface area contributed by atoms with Crippen LogP contribution in [0.2, 0.25) is 0 Å². The van der Waals surface area contributed by atoms with Crippen LogP contribution in [0, 0.1) is 13.8 Å². The molecule has 0 bridgehead atoms. The third-order valence-electron chi connectivity index (χ3n) is 6.57. The SMILES string of the molecule is CCOc1ccc(NC(=O)CN(c2cccc(C)c2C)S(=O)(=O)c2ccc(-c3ccc(C(F)(F)F)cc3)cc2)cc1. The van der Waals surface area contributed by atoms with Gasteiger partial charge in [-0.3, -0.25) is 9.10 Å². The summed E-state index contributed by atoms with van der Waals surface area (Å²) in [6, 6.07) is 22.4. The normalized spacial score (nSPS) is 11.7. The standard InChI is InChI=1S/C31H29F3N2O4S/c1-4-40-27-16-14-26(15-17-27)35-30(37)20-36(29-7-5-6-21(2)22(29)3)41(38,39)28-18-10-24(11-19-28)23-8-12-25(13-9-23)31(32,33)34/h5-19H,4,20H2,1-3H3,(H,35,37). The number of benzene rings is 4. The molecule has 0 aromatic heterocycles. The molecular formula is C31H29F3N2O4S. The first kappa shape index (κ1) is 29.7. The molecule has 1 N–H and O–H groups in total. The monoisotopic (exact) mass is 582 g/mol. The lowest BCUT2D eigenvalue weighted by atomic mass is 10.0. The van der Waals surface area contributed by atoms with Crippen LogP contribution >= 0.6 is 0 Å². The second kappa shape index (κ2) is 12.1. The summed E-state index contributed by atoms with van der Waals surface area (Å²) in [4.78, 5) is 13.0. The van der Waals surface area contributed by atoms with Gasteiger partial charge in [0.05, 0.1) is 22.8 Å². The van der Waals surface area contributed by atoms with Crippen molar-refractivity contribution in [3.8, 4) is 16.9 Å². The Balaban J connectivity index is 1.63. The molecule has 0 unspecified atom stereocenters. The van der Waals surface area contributed by atoms with Crippen LogP contribution in [0.3, 0.4) is 0 Å². The van der Waals surface area contributed by atoms with Gasteiger partial charge in [-0.05, 0) is 97.6 Å². The van der Waals surface area contributed by atoms with Crippen molar-refractivity contribution in [2.24, 2.45) is 0 Å². The van der Waals surface area contributed by atoms with E-state index in [4.69, 9.17) is 4.74 Å². The Morgan fingerprint density at radius 1 is 0.854 bits per heavy atom. The van der Waals surface area contributed by atoms with Crippen LogP contribution in [0.4, 0.5) is 24.5 Å². The largest absolute Gasteiger partial charge is 0.494 e. The predicted octanol–water partition coefficient (Wildman–Crippen LogP) is 7.22. The zero-order valence-electron chi connectivity index (χ0n) is 22.7. The average molecular weight is 583 g/mol. The number of nitrogens with zero attached hydrogens (tertiary/aromatic N) is 1. The Bertz CT molecular complexity index is 1620. The molecule has 0 fully saturated rings. The minimum absolute atomic E-state index is 0.0667. The summed E-state index contributed by atoms with van der Waals surface area (Å²) in [5.41, 5.74) is 2.68. The minimum atomic E-state index is -4.45. The fraction of sp³-hybridized carbons (Fsp3) is 0.194. The smallest absolute Gasteiger partial charge is 0.416 e. The summed E-state index contributed by atoms with van der Waals surface area (Å²) >= 11 is 0. The molecule has 0 radical (unpaired) electrons. The summed E-state index contributed by atoms with van der Waals surface area (Å²) in [6.45, 7) is 5.51. The first-order chi connectivity index (χ1) is 19.4. The van der Waals surface area contributed by atoms with E-state index in [0.717, 1.165) is 22.0 Å². The molecule has 0 heterocycles. The topological polar surface area (TPSA) is 75.7 Å². The molecule has 0 aliphatic rings. The number of rotatable bonds is 9. The number of anilines is 2. The van der Waals surface area contributed by atoms with Gasteiger partial charge in [0, 0.05) is 5.69 Å². The molecule has 0 spiro atoms. The van der Waals surface area contributed by atoms with Crippen LogP contribution in [-0.2, 0) is 21.0 Å². The molecule has 4 aromatic rings. The number of alkyl halides is 3. The van der Waals surface area contributed by atoms with E-state index in [2.05, 4.69) is 5.32 Å². The molecule has 10 heteroatoms. The summed E-state index contributed by atoms with van der Waals surface area (Å²) in [7, 11) is -4.22. The molecule has 4 aromatic carbocycles. The second-order valence-corrected chi connectivity index (χ2v) is 11.2. The highest BCUT2D eigenvalue weighted by Crippen LogP contribution is 2.32. The highest BCUT2D eigenvalue weighted by molar-refractivity contribution is 7.92. The number of sulfonamides is 1. The van der Waals surface area contributed by atoms with Crippen molar-refractivity contribution in [2.75, 3.05) is 22.8 Å². The molecule has 0 atom stereocenters. The number of carbonyl (C=O) groups excluding carboxylic acids is 1. The lowest BCUT2D eigenvalue weighted by molar-refractivity contribution is -0.137. The van der Waals surface area contributed by atoms with E-state index >= 15 is 0 Å². The maximum Gasteiger partial charge on any atom is 0.416 e. The summed E-state index contributed by atoms with van der Waals surface area (Å²) < 4.78 is 73.1. The van der Waals surface area contributed by atoms with E-state index in [1.165, 1.54) is 36.4 Å². The highest BCUT2D eigenvalue weighted by atomic mass is 32.2. The van der Waals surface area contributed by atoms with E-state index in [-0.39, 0.29) is 4.90 Å². The molecule has 6 nitrogen and oxygen atoms in total. The van der Waals surface area contributed by atoms with Crippen LogP contribution in [0.1, 0.15) is 23.6 Å². The third kappa shape index (κ3) is 6.89. The maximum atomic E-state index is 13.9. The molecule has 0 aliphatic heterocycles. The zero-order chi connectivity index (χ0) is 29.8. The van der Waals surface area contributed by atoms with Crippen LogP contribution < -0.4 is 14.4 Å². The first-order valence-corrected chi connectivity index (χ1v) is 14.2. The van der Waals surface area contributed by atoms with Gasteiger partial charge >= 0.3 is 6.18 Å². The van der Waals surface area contributed by atoms with Crippen molar-refractivity contribution >= 4 is 27.3 Å². The van der Waals surface area contributed by atoms with Gasteiger partial charge in [0.2, 0.25) is 5.91 Å². The lowest BCUT2D eigenvalue weighted by Crippen LogP contribution is -2.38. The van der Waals surface area contributed by atoms with E-state index in [1.807, 2.05) is 19.9 Å². The van der Waals surface area contributed by atoms with Crippen molar-refractivity contribution < 1.29 is 31.1 Å². The van der Waals surface area contributed by atoms with Crippen molar-refractivity contribution in [1.82, 2.24) is 0 Å². The number of hydrogen-bond donors (Lipinski definition) is 1. The van der Waals surface area contributed by atoms with Crippen molar-refractivity contribution in [3.05, 3.63) is 108 Å². The molecule has 4 rings (SSSR count). The number of carbonyl (C=O) groups is 1. The van der Waals surface area contributed by atoms with E-state index in [9.17, 15) is 26.4 Å². The highest BCUT2D eigenvalue weighted by Gasteiger charge is 2.30. The second-order valence-electron chi connectivity index (χ2n) is 9.34. The first-order valence-electron chi connectivity index (χ1n) is 12.8. The predicted molar refractivity (Wildman–Crippen MR) is 154 cm³/mol. The van der Waals surface area contributed by atoms with Gasteiger partial charge in [0.25, 0.3) is 10.0 Å². The molecular weight excluding hydrogens is 553 g/mol. The van der Waals surface area contributed by atoms with Crippen molar-refractivity contribution in [2.45, 2.75) is 31.8 Å². The molecule has 0 saturated carbocycles. The van der Waals surface area contributed by atoms with E-state index in [0.29, 0.717) is 40.4 Å². The third-order valence-corrected chi connectivity index (χ3v) is 8.34. The number of halogens is 3. The molecule has 214 valence electrons. The quantitative estimate of drug-likeness (QED) is 0.226. The minimum Gasteiger partial charge on any atom is -0.494 e. The lowest BCUT2D eigenvalue weighted by Gasteiger charge is -2.26. The summed E-state index contributed by atoms with van der Waals surface area (Å²) in [6.07, 6.45) is -4.45. The van der Waals surface area contributed by atoms with Gasteiger partial charge in [-0.15, -0.1) is 0 Å². The van der Waals surface area contributed by atoms with Gasteiger partial charge in [-0.25, -0.2) is 8.42 Å². The van der Waals surface area contributed by atoms with Gasteiger partial charge in [0.1, 0.15) is 12.3 Å². The summed E-state index contributed by atoms with van der Waals surface area (Å²) in [5, 5.41) is 2.73. The number of nitrogens with one attached hydrogen (secondary N) is 1. The zero-order valence-corrected chi connectivity index (χ0v) is 23.5. The van der Waals surface area contributed by atoms with Crippen LogP contribution in [0.15, 0.2) is 95.9 Å². The molecule has 41 heavy (non-hydrogen) atoms. The Hall–Kier alpha value is -4.31. The Morgan fingerprint density at radius 3 is 2.00 bits per heavy atom. The van der Waals surface area contributed by atoms with Gasteiger partial charge in [-0.1, -0.05) is 36.4 Å². The van der Waals surface area contributed by atoms with Crippen LogP contribution in [-0.4, -0.2) is 27.5 Å². The number of hydrogen-bond acceptors (Lipinski definition) is 4. The number of ether oxygens (including phenoxy) is 1. The summed E-state index contributed by atoms with van der Waals surface area (Å²) in [5.74, 6) is 0.102. The Morgan fingerprint density at radius 2 is 1.44 bits per heavy atom. The fourth-order valence-corrected chi connectivity index (χ4v) is 5.71. The Kier molecular flexibility index (Phi) is 8.72. The number of amides is 1. The fourth-order valence-electron chi connectivity index (χ4n) is 4.24. The van der Waals surface area contributed by atoms with Gasteiger partial charge in [0.15, 0.2) is 0 Å².